The lowest BCUT2D eigenvalue weighted by molar-refractivity contribution is 0.392. The van der Waals surface area contributed by atoms with E-state index in [-0.39, 0.29) is 0 Å². The van der Waals surface area contributed by atoms with Crippen LogP contribution in [-0.4, -0.2) is 38.5 Å². The SMILES string of the molecule is CN1CC(S(N)(=O)=O)C=N1. The standard InChI is InChI=1S/C4H9N3O2S/c1-7-3-4(2-6-7)10(5,8)9/h2,4H,3H2,1H3,(H2,5,8,9). The Balaban J connectivity index is 2.73. The van der Waals surface area contributed by atoms with Gasteiger partial charge in [-0.25, -0.2) is 13.6 Å². The van der Waals surface area contributed by atoms with Gasteiger partial charge in [0.25, 0.3) is 0 Å². The van der Waals surface area contributed by atoms with Gasteiger partial charge in [-0.15, -0.1) is 0 Å². The summed E-state index contributed by atoms with van der Waals surface area (Å²) in [5, 5.41) is 9.50. The van der Waals surface area contributed by atoms with Crippen molar-refractivity contribution in [2.45, 2.75) is 5.25 Å². The first kappa shape index (κ1) is 7.49. The Morgan fingerprint density at radius 1 is 1.80 bits per heavy atom. The third kappa shape index (κ3) is 1.45. The predicted octanol–water partition coefficient (Wildman–Crippen LogP) is -1.43. The molecule has 0 saturated carbocycles. The smallest absolute Gasteiger partial charge is 0.219 e. The molecule has 6 heteroatoms. The van der Waals surface area contributed by atoms with Gasteiger partial charge >= 0.3 is 0 Å². The fourth-order valence-electron chi connectivity index (χ4n) is 0.732. The number of rotatable bonds is 1. The van der Waals surface area contributed by atoms with Crippen molar-refractivity contribution in [1.29, 1.82) is 0 Å². The summed E-state index contributed by atoms with van der Waals surface area (Å²) in [5.74, 6) is 0. The van der Waals surface area contributed by atoms with E-state index < -0.39 is 15.3 Å². The molecule has 10 heavy (non-hydrogen) atoms. The lowest BCUT2D eigenvalue weighted by Gasteiger charge is -2.06. The Bertz CT molecular complexity index is 245. The van der Waals surface area contributed by atoms with Crippen LogP contribution in [0.5, 0.6) is 0 Å². The minimum Gasteiger partial charge on any atom is -0.299 e. The number of primary sulfonamides is 1. The minimum atomic E-state index is -3.43. The van der Waals surface area contributed by atoms with Gasteiger partial charge in [0.15, 0.2) is 0 Å². The number of sulfonamides is 1. The summed E-state index contributed by atoms with van der Waals surface area (Å²) in [4.78, 5) is 0. The molecule has 0 radical (unpaired) electrons. The van der Waals surface area contributed by atoms with Gasteiger partial charge in [-0.05, 0) is 0 Å². The third-order valence-electron chi connectivity index (χ3n) is 1.30. The van der Waals surface area contributed by atoms with Gasteiger partial charge in [0.05, 0.1) is 6.54 Å². The van der Waals surface area contributed by atoms with E-state index in [0.29, 0.717) is 6.54 Å². The van der Waals surface area contributed by atoms with Crippen molar-refractivity contribution in [3.63, 3.8) is 0 Å². The fourth-order valence-corrected chi connectivity index (χ4v) is 1.38. The normalized spacial score (nSPS) is 25.8. The molecule has 1 heterocycles. The van der Waals surface area contributed by atoms with Crippen molar-refractivity contribution in [2.75, 3.05) is 13.6 Å². The topological polar surface area (TPSA) is 75.8 Å². The summed E-state index contributed by atoms with van der Waals surface area (Å²) < 4.78 is 21.3. The Morgan fingerprint density at radius 2 is 2.40 bits per heavy atom. The molecule has 58 valence electrons. The summed E-state index contributed by atoms with van der Waals surface area (Å²) in [6, 6.07) is 0. The molecule has 1 aliphatic rings. The second kappa shape index (κ2) is 2.21. The molecule has 2 N–H and O–H groups in total. The first-order valence-electron chi connectivity index (χ1n) is 2.77. The van der Waals surface area contributed by atoms with Gasteiger partial charge in [0.1, 0.15) is 5.25 Å². The summed E-state index contributed by atoms with van der Waals surface area (Å²) >= 11 is 0. The van der Waals surface area contributed by atoms with Crippen molar-refractivity contribution in [3.8, 4) is 0 Å². The van der Waals surface area contributed by atoms with Gasteiger partial charge < -0.3 is 0 Å². The molecule has 1 atom stereocenters. The van der Waals surface area contributed by atoms with Gasteiger partial charge in [-0.1, -0.05) is 0 Å². The highest BCUT2D eigenvalue weighted by Crippen LogP contribution is 2.03. The zero-order valence-electron chi connectivity index (χ0n) is 5.56. The Hall–Kier alpha value is -0.620. The number of hydrogen-bond acceptors (Lipinski definition) is 4. The van der Waals surface area contributed by atoms with Crippen LogP contribution < -0.4 is 5.14 Å². The third-order valence-corrected chi connectivity index (χ3v) is 2.41. The van der Waals surface area contributed by atoms with E-state index in [1.54, 1.807) is 7.05 Å². The Morgan fingerprint density at radius 3 is 2.60 bits per heavy atom. The highest BCUT2D eigenvalue weighted by Gasteiger charge is 2.24. The number of nitrogens with two attached hydrogens (primary N) is 1. The Kier molecular flexibility index (Phi) is 1.65. The molecule has 1 rings (SSSR count). The van der Waals surface area contributed by atoms with E-state index in [4.69, 9.17) is 5.14 Å². The van der Waals surface area contributed by atoms with Crippen LogP contribution in [0.2, 0.25) is 0 Å². The highest BCUT2D eigenvalue weighted by atomic mass is 32.2. The van der Waals surface area contributed by atoms with E-state index in [1.807, 2.05) is 0 Å². The lowest BCUT2D eigenvalue weighted by Crippen LogP contribution is -2.32. The maximum atomic E-state index is 10.6. The van der Waals surface area contributed by atoms with E-state index in [1.165, 1.54) is 11.2 Å². The molecule has 0 bridgehead atoms. The quantitative estimate of drug-likeness (QED) is 0.515. The van der Waals surface area contributed by atoms with Crippen molar-refractivity contribution in [3.05, 3.63) is 0 Å². The van der Waals surface area contributed by atoms with Gasteiger partial charge in [0.2, 0.25) is 10.0 Å². The van der Waals surface area contributed by atoms with Crippen LogP contribution >= 0.6 is 0 Å². The number of nitrogens with zero attached hydrogens (tertiary/aromatic N) is 2. The lowest BCUT2D eigenvalue weighted by atomic mass is 10.5. The Labute approximate surface area is 59.6 Å². The predicted molar refractivity (Wildman–Crippen MR) is 38.0 cm³/mol. The van der Waals surface area contributed by atoms with Crippen LogP contribution in [-0.2, 0) is 10.0 Å². The van der Waals surface area contributed by atoms with Crippen LogP contribution in [0.1, 0.15) is 0 Å². The monoisotopic (exact) mass is 163 g/mol. The van der Waals surface area contributed by atoms with E-state index in [0.717, 1.165) is 0 Å². The molecule has 0 aliphatic carbocycles. The second-order valence-corrected chi connectivity index (χ2v) is 4.02. The van der Waals surface area contributed by atoms with Crippen molar-refractivity contribution < 1.29 is 8.42 Å². The molecule has 1 aliphatic heterocycles. The molecule has 0 amide bonds. The fraction of sp³-hybridized carbons (Fsp3) is 0.750. The van der Waals surface area contributed by atoms with E-state index >= 15 is 0 Å². The number of hydrazone groups is 1. The zero-order valence-corrected chi connectivity index (χ0v) is 6.37. The first-order chi connectivity index (χ1) is 4.50. The highest BCUT2D eigenvalue weighted by molar-refractivity contribution is 7.90. The van der Waals surface area contributed by atoms with Gasteiger partial charge in [-0.3, -0.25) is 5.01 Å². The second-order valence-electron chi connectivity index (χ2n) is 2.23. The molecule has 5 nitrogen and oxygen atoms in total. The summed E-state index contributed by atoms with van der Waals surface area (Å²) in [6.07, 6.45) is 1.34. The van der Waals surface area contributed by atoms with Crippen LogP contribution in [0.4, 0.5) is 0 Å². The maximum absolute atomic E-state index is 10.6. The van der Waals surface area contributed by atoms with Crippen molar-refractivity contribution >= 4 is 16.2 Å². The van der Waals surface area contributed by atoms with Crippen LogP contribution in [0, 0.1) is 0 Å². The summed E-state index contributed by atoms with van der Waals surface area (Å²) in [5.41, 5.74) is 0. The minimum absolute atomic E-state index is 0.360. The molecule has 1 unspecified atom stereocenters. The molecule has 0 aromatic rings. The molecule has 0 fully saturated rings. The van der Waals surface area contributed by atoms with Crippen LogP contribution in [0.3, 0.4) is 0 Å². The number of hydrogen-bond donors (Lipinski definition) is 1. The van der Waals surface area contributed by atoms with E-state index in [2.05, 4.69) is 5.10 Å². The van der Waals surface area contributed by atoms with Gasteiger partial charge in [0, 0.05) is 13.3 Å². The van der Waals surface area contributed by atoms with Crippen LogP contribution in [0.25, 0.3) is 0 Å². The molecule has 0 aromatic heterocycles. The average molecular weight is 163 g/mol. The first-order valence-corrected chi connectivity index (χ1v) is 4.38. The summed E-state index contributed by atoms with van der Waals surface area (Å²) in [6.45, 7) is 0.360. The molecular formula is C4H9N3O2S. The molecule has 0 spiro atoms. The molecular weight excluding hydrogens is 154 g/mol. The molecule has 0 saturated heterocycles. The zero-order chi connectivity index (χ0) is 7.78. The largest absolute Gasteiger partial charge is 0.299 e. The van der Waals surface area contributed by atoms with Crippen molar-refractivity contribution in [2.24, 2.45) is 10.2 Å². The average Bonchev–Trinajstić information content (AvgIpc) is 2.11. The summed E-state index contributed by atoms with van der Waals surface area (Å²) in [7, 11) is -1.73. The molecule has 0 aromatic carbocycles. The van der Waals surface area contributed by atoms with E-state index in [9.17, 15) is 8.42 Å². The van der Waals surface area contributed by atoms with Crippen LogP contribution in [0.15, 0.2) is 5.10 Å². The van der Waals surface area contributed by atoms with Gasteiger partial charge in [-0.2, -0.15) is 5.10 Å². The van der Waals surface area contributed by atoms with Crippen molar-refractivity contribution in [1.82, 2.24) is 5.01 Å². The maximum Gasteiger partial charge on any atom is 0.219 e.